The zero-order valence-corrected chi connectivity index (χ0v) is 15.0. The number of rotatable bonds is 4. The second kappa shape index (κ2) is 7.63. The molecule has 0 amide bonds. The molecular weight excluding hydrogens is 358 g/mol. The van der Waals surface area contributed by atoms with E-state index in [1.165, 1.54) is 37.7 Å². The Morgan fingerprint density at radius 2 is 1.73 bits per heavy atom. The quantitative estimate of drug-likeness (QED) is 0.668. The summed E-state index contributed by atoms with van der Waals surface area (Å²) in [6, 6.07) is 15.5. The van der Waals surface area contributed by atoms with Crippen LogP contribution in [0.5, 0.6) is 0 Å². The Labute approximate surface area is 146 Å². The minimum absolute atomic E-state index is 0.702. The fraction of sp³-hybridized carbons (Fsp3) is 0.368. The number of nitrogens with one attached hydrogen (secondary N) is 1. The number of hydrogen-bond donors (Lipinski definition) is 1. The highest BCUT2D eigenvalue weighted by atomic mass is 79.9. The zero-order chi connectivity index (χ0) is 15.4. The van der Waals surface area contributed by atoms with Gasteiger partial charge in [-0.15, -0.1) is 0 Å². The number of hydrogen-bond acceptors (Lipinski definition) is 1. The standard InChI is InChI=1S/C19H21BrClN/c20-18-8-4-7-17(19(18)21)15-11-9-14(10-12-15)13-22-16-5-2-1-3-6-16/h4,7-12,16,22H,1-3,5-6,13H2. The molecule has 1 saturated carbocycles. The summed E-state index contributed by atoms with van der Waals surface area (Å²) in [4.78, 5) is 0. The fourth-order valence-electron chi connectivity index (χ4n) is 3.10. The van der Waals surface area contributed by atoms with Gasteiger partial charge in [-0.25, -0.2) is 0 Å². The van der Waals surface area contributed by atoms with Crippen LogP contribution in [0.1, 0.15) is 37.7 Å². The van der Waals surface area contributed by atoms with E-state index >= 15 is 0 Å². The predicted octanol–water partition coefficient (Wildman–Crippen LogP) is 6.19. The molecule has 0 atom stereocenters. The first-order valence-corrected chi connectivity index (χ1v) is 9.18. The third-order valence-corrected chi connectivity index (χ3v) is 5.71. The molecule has 1 N–H and O–H groups in total. The Hall–Kier alpha value is -0.830. The molecule has 2 aromatic rings. The fourth-order valence-corrected chi connectivity index (χ4v) is 3.70. The Balaban J connectivity index is 1.66. The molecule has 2 aromatic carbocycles. The van der Waals surface area contributed by atoms with Gasteiger partial charge in [0.15, 0.2) is 0 Å². The Bertz CT molecular complexity index is 618. The summed E-state index contributed by atoms with van der Waals surface area (Å²) >= 11 is 9.86. The molecular formula is C19H21BrClN. The van der Waals surface area contributed by atoms with Crippen LogP contribution in [0.2, 0.25) is 5.02 Å². The SMILES string of the molecule is Clc1c(Br)cccc1-c1ccc(CNC2CCCCC2)cc1. The van der Waals surface area contributed by atoms with Crippen molar-refractivity contribution in [2.75, 3.05) is 0 Å². The van der Waals surface area contributed by atoms with E-state index in [4.69, 9.17) is 11.6 Å². The van der Waals surface area contributed by atoms with Crippen LogP contribution in [0.15, 0.2) is 46.9 Å². The Kier molecular flexibility index (Phi) is 5.56. The summed E-state index contributed by atoms with van der Waals surface area (Å²) < 4.78 is 0.940. The van der Waals surface area contributed by atoms with Gasteiger partial charge in [0.1, 0.15) is 0 Å². The van der Waals surface area contributed by atoms with Crippen molar-refractivity contribution in [2.45, 2.75) is 44.7 Å². The summed E-state index contributed by atoms with van der Waals surface area (Å²) in [6.07, 6.45) is 6.80. The molecule has 116 valence electrons. The first-order valence-electron chi connectivity index (χ1n) is 8.01. The molecule has 0 bridgehead atoms. The zero-order valence-electron chi connectivity index (χ0n) is 12.6. The summed E-state index contributed by atoms with van der Waals surface area (Å²) in [5.41, 5.74) is 3.57. The van der Waals surface area contributed by atoms with Gasteiger partial charge in [-0.3, -0.25) is 0 Å². The van der Waals surface area contributed by atoms with Crippen molar-refractivity contribution in [3.63, 3.8) is 0 Å². The van der Waals surface area contributed by atoms with E-state index < -0.39 is 0 Å². The lowest BCUT2D eigenvalue weighted by Gasteiger charge is -2.22. The third kappa shape index (κ3) is 3.92. The van der Waals surface area contributed by atoms with Gasteiger partial charge in [0.2, 0.25) is 0 Å². The van der Waals surface area contributed by atoms with Crippen LogP contribution in [0, 0.1) is 0 Å². The maximum atomic E-state index is 6.37. The molecule has 0 unspecified atom stereocenters. The molecule has 1 fully saturated rings. The van der Waals surface area contributed by atoms with E-state index in [1.807, 2.05) is 12.1 Å². The van der Waals surface area contributed by atoms with Crippen LogP contribution < -0.4 is 5.32 Å². The average molecular weight is 379 g/mol. The second-order valence-corrected chi connectivity index (χ2v) is 7.25. The highest BCUT2D eigenvalue weighted by molar-refractivity contribution is 9.10. The van der Waals surface area contributed by atoms with Gasteiger partial charge in [0.05, 0.1) is 5.02 Å². The predicted molar refractivity (Wildman–Crippen MR) is 98.3 cm³/mol. The largest absolute Gasteiger partial charge is 0.310 e. The van der Waals surface area contributed by atoms with Crippen LogP contribution in [0.25, 0.3) is 11.1 Å². The van der Waals surface area contributed by atoms with Crippen LogP contribution in [-0.2, 0) is 6.54 Å². The van der Waals surface area contributed by atoms with Crippen LogP contribution >= 0.6 is 27.5 Å². The van der Waals surface area contributed by atoms with Gasteiger partial charge < -0.3 is 5.32 Å². The van der Waals surface area contributed by atoms with Crippen molar-refractivity contribution in [3.8, 4) is 11.1 Å². The third-order valence-electron chi connectivity index (χ3n) is 4.42. The van der Waals surface area contributed by atoms with Crippen molar-refractivity contribution in [3.05, 3.63) is 57.5 Å². The normalized spacial score (nSPS) is 15.9. The topological polar surface area (TPSA) is 12.0 Å². The van der Waals surface area contributed by atoms with E-state index in [0.717, 1.165) is 27.2 Å². The van der Waals surface area contributed by atoms with E-state index in [1.54, 1.807) is 0 Å². The molecule has 1 aliphatic rings. The Morgan fingerprint density at radius 3 is 2.45 bits per heavy atom. The average Bonchev–Trinajstić information content (AvgIpc) is 2.57. The second-order valence-electron chi connectivity index (χ2n) is 6.01. The summed E-state index contributed by atoms with van der Waals surface area (Å²) in [6.45, 7) is 0.956. The molecule has 1 aliphatic carbocycles. The lowest BCUT2D eigenvalue weighted by atomic mass is 9.95. The van der Waals surface area contributed by atoms with Gasteiger partial charge in [-0.05, 0) is 46.0 Å². The molecule has 0 aromatic heterocycles. The van der Waals surface area contributed by atoms with Gasteiger partial charge in [0, 0.05) is 22.6 Å². The van der Waals surface area contributed by atoms with E-state index in [2.05, 4.69) is 51.6 Å². The first-order chi connectivity index (χ1) is 10.7. The molecule has 1 nitrogen and oxygen atoms in total. The van der Waals surface area contributed by atoms with Crippen molar-refractivity contribution in [1.29, 1.82) is 0 Å². The first kappa shape index (κ1) is 16.0. The maximum Gasteiger partial charge on any atom is 0.0626 e. The minimum Gasteiger partial charge on any atom is -0.310 e. The van der Waals surface area contributed by atoms with Gasteiger partial charge in [-0.1, -0.05) is 67.3 Å². The highest BCUT2D eigenvalue weighted by Crippen LogP contribution is 2.33. The lowest BCUT2D eigenvalue weighted by Crippen LogP contribution is -2.30. The molecule has 22 heavy (non-hydrogen) atoms. The van der Waals surface area contributed by atoms with Crippen molar-refractivity contribution in [2.24, 2.45) is 0 Å². The van der Waals surface area contributed by atoms with Crippen LogP contribution in [0.4, 0.5) is 0 Å². The highest BCUT2D eigenvalue weighted by Gasteiger charge is 2.12. The van der Waals surface area contributed by atoms with Crippen LogP contribution in [-0.4, -0.2) is 6.04 Å². The molecule has 0 aliphatic heterocycles. The van der Waals surface area contributed by atoms with Crippen molar-refractivity contribution in [1.82, 2.24) is 5.32 Å². The van der Waals surface area contributed by atoms with E-state index in [9.17, 15) is 0 Å². The van der Waals surface area contributed by atoms with E-state index in [0.29, 0.717) is 6.04 Å². The summed E-state index contributed by atoms with van der Waals surface area (Å²) in [5, 5.41) is 4.46. The minimum atomic E-state index is 0.702. The molecule has 3 rings (SSSR count). The smallest absolute Gasteiger partial charge is 0.0626 e. The maximum absolute atomic E-state index is 6.37. The van der Waals surface area contributed by atoms with Crippen LogP contribution in [0.3, 0.4) is 0 Å². The van der Waals surface area contributed by atoms with Gasteiger partial charge in [0.25, 0.3) is 0 Å². The lowest BCUT2D eigenvalue weighted by molar-refractivity contribution is 0.372. The molecule has 3 heteroatoms. The summed E-state index contributed by atoms with van der Waals surface area (Å²) in [5.74, 6) is 0. The Morgan fingerprint density at radius 1 is 1.00 bits per heavy atom. The van der Waals surface area contributed by atoms with Crippen molar-refractivity contribution < 1.29 is 0 Å². The summed E-state index contributed by atoms with van der Waals surface area (Å²) in [7, 11) is 0. The van der Waals surface area contributed by atoms with Crippen molar-refractivity contribution >= 4 is 27.5 Å². The molecule has 0 radical (unpaired) electrons. The van der Waals surface area contributed by atoms with E-state index in [-0.39, 0.29) is 0 Å². The molecule has 0 heterocycles. The van der Waals surface area contributed by atoms with Gasteiger partial charge >= 0.3 is 0 Å². The molecule has 0 spiro atoms. The number of benzene rings is 2. The van der Waals surface area contributed by atoms with Gasteiger partial charge in [-0.2, -0.15) is 0 Å². The molecule has 0 saturated heterocycles. The monoisotopic (exact) mass is 377 g/mol. The number of halogens is 2.